The third-order valence-corrected chi connectivity index (χ3v) is 7.75. The van der Waals surface area contributed by atoms with Gasteiger partial charge in [-0.2, -0.15) is 5.26 Å². The third-order valence-electron chi connectivity index (χ3n) is 6.90. The maximum absolute atomic E-state index is 13.4. The third kappa shape index (κ3) is 3.71. The molecule has 2 aromatic rings. The Morgan fingerprint density at radius 2 is 2.00 bits per heavy atom. The summed E-state index contributed by atoms with van der Waals surface area (Å²) in [5.74, 6) is 0.0576. The largest absolute Gasteiger partial charge is 0.472 e. The highest BCUT2D eigenvalue weighted by Gasteiger charge is 2.45. The zero-order valence-electron chi connectivity index (χ0n) is 17.9. The predicted molar refractivity (Wildman–Crippen MR) is 119 cm³/mol. The van der Waals surface area contributed by atoms with Crippen LogP contribution in [0.3, 0.4) is 0 Å². The van der Waals surface area contributed by atoms with Crippen LogP contribution >= 0.6 is 11.3 Å². The van der Waals surface area contributed by atoms with E-state index in [4.69, 9.17) is 4.42 Å². The van der Waals surface area contributed by atoms with Crippen molar-refractivity contribution in [1.29, 1.82) is 5.26 Å². The highest BCUT2D eigenvalue weighted by Crippen LogP contribution is 2.41. The Bertz CT molecular complexity index is 1050. The van der Waals surface area contributed by atoms with Gasteiger partial charge in [0.15, 0.2) is 0 Å². The first-order chi connectivity index (χ1) is 15.7. The fourth-order valence-corrected chi connectivity index (χ4v) is 6.06. The van der Waals surface area contributed by atoms with Crippen molar-refractivity contribution in [3.63, 3.8) is 0 Å². The molecule has 2 fully saturated rings. The minimum Gasteiger partial charge on any atom is -0.472 e. The standard InChI is InChI=1S/C24H26N4O3S/c25-14-19-22(26-8-10-27(11-9-26)24(30)21-6-3-13-32-21)18-4-1-2-5-20(18)28(23(19)29)15-17-7-12-31-16-17/h3,6-7,12-13,16,18,20H,1-2,4-5,8-11,15H2. The molecule has 2 atom stereocenters. The van der Waals surface area contributed by atoms with E-state index in [1.165, 1.54) is 11.3 Å². The smallest absolute Gasteiger partial charge is 0.266 e. The van der Waals surface area contributed by atoms with Gasteiger partial charge in [0.1, 0.15) is 11.6 Å². The molecule has 2 unspecified atom stereocenters. The summed E-state index contributed by atoms with van der Waals surface area (Å²) < 4.78 is 5.20. The van der Waals surface area contributed by atoms with E-state index in [-0.39, 0.29) is 29.3 Å². The molecule has 8 heteroatoms. The van der Waals surface area contributed by atoms with E-state index in [0.717, 1.165) is 41.8 Å². The quantitative estimate of drug-likeness (QED) is 0.712. The van der Waals surface area contributed by atoms with E-state index in [1.807, 2.05) is 33.4 Å². The Balaban J connectivity index is 1.39. The lowest BCUT2D eigenvalue weighted by atomic mass is 9.76. The average molecular weight is 451 g/mol. The molecular formula is C24H26N4O3S. The highest BCUT2D eigenvalue weighted by molar-refractivity contribution is 7.12. The number of piperazine rings is 1. The zero-order valence-corrected chi connectivity index (χ0v) is 18.7. The molecule has 4 heterocycles. The van der Waals surface area contributed by atoms with Crippen LogP contribution in [-0.4, -0.2) is 58.7 Å². The number of rotatable bonds is 4. The number of amides is 2. The van der Waals surface area contributed by atoms with Gasteiger partial charge in [-0.15, -0.1) is 11.3 Å². The molecule has 0 radical (unpaired) electrons. The van der Waals surface area contributed by atoms with Crippen LogP contribution in [0.25, 0.3) is 0 Å². The van der Waals surface area contributed by atoms with Crippen LogP contribution in [0, 0.1) is 17.2 Å². The first-order valence-corrected chi connectivity index (χ1v) is 12.1. The molecule has 166 valence electrons. The number of furan rings is 1. The lowest BCUT2D eigenvalue weighted by molar-refractivity contribution is -0.133. The average Bonchev–Trinajstić information content (AvgIpc) is 3.55. The van der Waals surface area contributed by atoms with Gasteiger partial charge in [0.25, 0.3) is 11.8 Å². The van der Waals surface area contributed by atoms with Crippen molar-refractivity contribution in [1.82, 2.24) is 14.7 Å². The number of carbonyl (C=O) groups excluding carboxylic acids is 2. The zero-order chi connectivity index (χ0) is 22.1. The number of fused-ring (bicyclic) bond motifs is 1. The molecule has 0 N–H and O–H groups in total. The number of carbonyl (C=O) groups is 2. The van der Waals surface area contributed by atoms with Crippen molar-refractivity contribution < 1.29 is 14.0 Å². The number of hydrogen-bond acceptors (Lipinski definition) is 6. The van der Waals surface area contributed by atoms with Crippen molar-refractivity contribution in [2.45, 2.75) is 38.3 Å². The highest BCUT2D eigenvalue weighted by atomic mass is 32.1. The van der Waals surface area contributed by atoms with Gasteiger partial charge in [-0.25, -0.2) is 0 Å². The monoisotopic (exact) mass is 450 g/mol. The van der Waals surface area contributed by atoms with Crippen molar-refractivity contribution in [2.75, 3.05) is 26.2 Å². The molecule has 1 saturated heterocycles. The van der Waals surface area contributed by atoms with Gasteiger partial charge in [-0.1, -0.05) is 18.9 Å². The van der Waals surface area contributed by atoms with Crippen LogP contribution in [0.4, 0.5) is 0 Å². The van der Waals surface area contributed by atoms with Gasteiger partial charge in [0, 0.05) is 55.9 Å². The Morgan fingerprint density at radius 3 is 2.69 bits per heavy atom. The first-order valence-electron chi connectivity index (χ1n) is 11.2. The molecule has 7 nitrogen and oxygen atoms in total. The molecule has 32 heavy (non-hydrogen) atoms. The molecule has 1 saturated carbocycles. The van der Waals surface area contributed by atoms with Crippen molar-refractivity contribution in [3.8, 4) is 6.07 Å². The van der Waals surface area contributed by atoms with Crippen LogP contribution < -0.4 is 0 Å². The molecule has 0 aromatic carbocycles. The molecule has 5 rings (SSSR count). The number of thiophene rings is 1. The van der Waals surface area contributed by atoms with E-state index in [2.05, 4.69) is 11.0 Å². The minimum absolute atomic E-state index is 0.0655. The number of nitrogens with zero attached hydrogens (tertiary/aromatic N) is 4. The Labute approximate surface area is 191 Å². The van der Waals surface area contributed by atoms with Crippen molar-refractivity contribution >= 4 is 23.2 Å². The van der Waals surface area contributed by atoms with Gasteiger partial charge in [0.2, 0.25) is 0 Å². The van der Waals surface area contributed by atoms with Gasteiger partial charge in [-0.05, 0) is 30.4 Å². The Morgan fingerprint density at radius 1 is 1.19 bits per heavy atom. The van der Waals surface area contributed by atoms with Crippen molar-refractivity contribution in [2.24, 2.45) is 5.92 Å². The van der Waals surface area contributed by atoms with Gasteiger partial charge in [0.05, 0.1) is 17.4 Å². The fourth-order valence-electron chi connectivity index (χ4n) is 5.37. The van der Waals surface area contributed by atoms with Crippen LogP contribution in [0.2, 0.25) is 0 Å². The van der Waals surface area contributed by atoms with Crippen LogP contribution in [0.15, 0.2) is 51.8 Å². The van der Waals surface area contributed by atoms with Gasteiger partial charge >= 0.3 is 0 Å². The topological polar surface area (TPSA) is 80.8 Å². The molecule has 2 amide bonds. The Kier molecular flexibility index (Phi) is 5.75. The van der Waals surface area contributed by atoms with Crippen LogP contribution in [0.1, 0.15) is 40.9 Å². The summed E-state index contributed by atoms with van der Waals surface area (Å²) >= 11 is 1.46. The fraction of sp³-hybridized carbons (Fsp3) is 0.458. The maximum atomic E-state index is 13.4. The van der Waals surface area contributed by atoms with Crippen molar-refractivity contribution in [3.05, 3.63) is 57.8 Å². The molecule has 0 spiro atoms. The van der Waals surface area contributed by atoms with Gasteiger partial charge in [-0.3, -0.25) is 9.59 Å². The second-order valence-electron chi connectivity index (χ2n) is 8.65. The Hall–Kier alpha value is -3.05. The number of nitriles is 1. The summed E-state index contributed by atoms with van der Waals surface area (Å²) in [5, 5.41) is 11.9. The molecule has 1 aliphatic carbocycles. The maximum Gasteiger partial charge on any atom is 0.266 e. The summed E-state index contributed by atoms with van der Waals surface area (Å²) in [6.07, 6.45) is 7.41. The summed E-state index contributed by atoms with van der Waals surface area (Å²) in [6, 6.07) is 7.97. The molecule has 2 aliphatic heterocycles. The summed E-state index contributed by atoms with van der Waals surface area (Å²) in [5.41, 5.74) is 2.13. The summed E-state index contributed by atoms with van der Waals surface area (Å²) in [6.45, 7) is 2.97. The molecule has 2 aromatic heterocycles. The van der Waals surface area contributed by atoms with Crippen LogP contribution in [0.5, 0.6) is 0 Å². The van der Waals surface area contributed by atoms with E-state index < -0.39 is 0 Å². The van der Waals surface area contributed by atoms with Gasteiger partial charge < -0.3 is 19.1 Å². The molecule has 3 aliphatic rings. The minimum atomic E-state index is -0.177. The predicted octanol–water partition coefficient (Wildman–Crippen LogP) is 3.48. The summed E-state index contributed by atoms with van der Waals surface area (Å²) in [4.78, 5) is 32.9. The lowest BCUT2D eigenvalue weighted by Crippen LogP contribution is -2.56. The van der Waals surface area contributed by atoms with E-state index in [0.29, 0.717) is 32.7 Å². The first kappa shape index (κ1) is 20.8. The second-order valence-corrected chi connectivity index (χ2v) is 9.60. The van der Waals surface area contributed by atoms with E-state index in [1.54, 1.807) is 12.5 Å². The summed E-state index contributed by atoms with van der Waals surface area (Å²) in [7, 11) is 0. The molecule has 0 bridgehead atoms. The van der Waals surface area contributed by atoms with E-state index >= 15 is 0 Å². The lowest BCUT2D eigenvalue weighted by Gasteiger charge is -2.49. The molecular weight excluding hydrogens is 424 g/mol. The normalized spacial score (nSPS) is 23.8. The second kappa shape index (κ2) is 8.83. The van der Waals surface area contributed by atoms with E-state index in [9.17, 15) is 14.9 Å². The SMILES string of the molecule is N#CC1=C(N2CCN(C(=O)c3cccs3)CC2)C2CCCCC2N(Cc2ccoc2)C1=O. The number of hydrogen-bond donors (Lipinski definition) is 0. The van der Waals surface area contributed by atoms with Crippen LogP contribution in [-0.2, 0) is 11.3 Å².